The predicted octanol–water partition coefficient (Wildman–Crippen LogP) is 4.56. The maximum Gasteiger partial charge on any atom is 0.262 e. The number of hydrogen-bond donors (Lipinski definition) is 1. The number of para-hydroxylation sites is 3. The Kier molecular flexibility index (Phi) is 3.68. The van der Waals surface area contributed by atoms with Crippen LogP contribution in [-0.4, -0.2) is 18.7 Å². The average Bonchev–Trinajstić information content (AvgIpc) is 2.74. The third kappa shape index (κ3) is 2.66. The van der Waals surface area contributed by atoms with Gasteiger partial charge in [0.15, 0.2) is 0 Å². The molecule has 0 saturated heterocycles. The van der Waals surface area contributed by atoms with Crippen LogP contribution in [0.5, 0.6) is 5.75 Å². The molecule has 0 bridgehead atoms. The number of carbonyl (C=O) groups is 1. The molecule has 1 amide bonds. The fourth-order valence-corrected chi connectivity index (χ4v) is 3.66. The van der Waals surface area contributed by atoms with Crippen molar-refractivity contribution in [3.63, 3.8) is 0 Å². The molecule has 4 heteroatoms. The molecule has 1 N–H and O–H groups in total. The Balaban J connectivity index is 1.63. The molecule has 132 valence electrons. The fourth-order valence-electron chi connectivity index (χ4n) is 3.66. The van der Waals surface area contributed by atoms with Crippen molar-refractivity contribution in [2.75, 3.05) is 16.8 Å². The molecule has 3 aromatic carbocycles. The molecule has 0 spiro atoms. The smallest absolute Gasteiger partial charge is 0.262 e. The van der Waals surface area contributed by atoms with Crippen LogP contribution in [0.2, 0.25) is 0 Å². The molecule has 2 aliphatic rings. The quantitative estimate of drug-likeness (QED) is 0.733. The van der Waals surface area contributed by atoms with E-state index in [9.17, 15) is 4.79 Å². The molecule has 1 atom stereocenters. The van der Waals surface area contributed by atoms with Crippen LogP contribution < -0.4 is 15.0 Å². The van der Waals surface area contributed by atoms with Gasteiger partial charge >= 0.3 is 0 Å². The molecule has 27 heavy (non-hydrogen) atoms. The molecular formula is C23H18N2O2. The number of ether oxygens (including phenoxy) is 1. The Morgan fingerprint density at radius 3 is 2.52 bits per heavy atom. The average molecular weight is 354 g/mol. The van der Waals surface area contributed by atoms with E-state index in [-0.39, 0.29) is 12.1 Å². The van der Waals surface area contributed by atoms with Gasteiger partial charge in [0.25, 0.3) is 5.91 Å². The highest BCUT2D eigenvalue weighted by atomic mass is 16.5. The molecule has 0 saturated carbocycles. The Bertz CT molecular complexity index is 1040. The molecule has 2 aliphatic heterocycles. The summed E-state index contributed by atoms with van der Waals surface area (Å²) in [5.74, 6) is 0.857. The molecule has 4 nitrogen and oxygen atoms in total. The van der Waals surface area contributed by atoms with Gasteiger partial charge in [-0.2, -0.15) is 0 Å². The van der Waals surface area contributed by atoms with Gasteiger partial charge in [-0.25, -0.2) is 0 Å². The highest BCUT2D eigenvalue weighted by Crippen LogP contribution is 2.35. The molecule has 0 fully saturated rings. The highest BCUT2D eigenvalue weighted by Gasteiger charge is 2.36. The van der Waals surface area contributed by atoms with E-state index in [1.807, 2.05) is 83.8 Å². The Morgan fingerprint density at radius 2 is 1.63 bits per heavy atom. The number of amides is 1. The second-order valence-corrected chi connectivity index (χ2v) is 6.65. The lowest BCUT2D eigenvalue weighted by Crippen LogP contribution is -2.51. The summed E-state index contributed by atoms with van der Waals surface area (Å²) in [5, 5.41) is 3.53. The van der Waals surface area contributed by atoms with Crippen LogP contribution in [0.3, 0.4) is 0 Å². The minimum atomic E-state index is -0.303. The van der Waals surface area contributed by atoms with Crippen LogP contribution in [0.25, 0.3) is 6.08 Å². The molecule has 2 heterocycles. The molecule has 5 rings (SSSR count). The van der Waals surface area contributed by atoms with Crippen LogP contribution in [0.4, 0.5) is 11.4 Å². The summed E-state index contributed by atoms with van der Waals surface area (Å²) in [6, 6.07) is 25.3. The van der Waals surface area contributed by atoms with E-state index in [4.69, 9.17) is 4.74 Å². The van der Waals surface area contributed by atoms with Crippen LogP contribution in [-0.2, 0) is 0 Å². The number of nitrogens with zero attached hydrogens (tertiary/aromatic N) is 1. The van der Waals surface area contributed by atoms with Crippen LogP contribution in [0.1, 0.15) is 15.9 Å². The van der Waals surface area contributed by atoms with Crippen LogP contribution >= 0.6 is 0 Å². The number of carbonyl (C=O) groups excluding carboxylic acids is 1. The lowest BCUT2D eigenvalue weighted by atomic mass is 9.99. The first kappa shape index (κ1) is 15.7. The number of rotatable bonds is 2. The number of fused-ring (bicyclic) bond motifs is 2. The van der Waals surface area contributed by atoms with E-state index in [2.05, 4.69) is 11.4 Å². The third-order valence-electron chi connectivity index (χ3n) is 4.97. The van der Waals surface area contributed by atoms with Crippen molar-refractivity contribution in [1.29, 1.82) is 0 Å². The minimum absolute atomic E-state index is 0.0136. The molecule has 0 aromatic heterocycles. The summed E-state index contributed by atoms with van der Waals surface area (Å²) in [6.45, 7) is 0.438. The van der Waals surface area contributed by atoms with Crippen molar-refractivity contribution < 1.29 is 9.53 Å². The summed E-state index contributed by atoms with van der Waals surface area (Å²) >= 11 is 0. The summed E-state index contributed by atoms with van der Waals surface area (Å²) in [4.78, 5) is 15.1. The van der Waals surface area contributed by atoms with E-state index >= 15 is 0 Å². The topological polar surface area (TPSA) is 41.6 Å². The van der Waals surface area contributed by atoms with E-state index in [1.165, 1.54) is 0 Å². The predicted molar refractivity (Wildman–Crippen MR) is 107 cm³/mol. The van der Waals surface area contributed by atoms with Gasteiger partial charge in [-0.3, -0.25) is 9.69 Å². The number of benzene rings is 3. The lowest BCUT2D eigenvalue weighted by molar-refractivity contribution is 0.0977. The summed E-state index contributed by atoms with van der Waals surface area (Å²) in [5.41, 5.74) is 4.42. The number of hydrogen-bond acceptors (Lipinski definition) is 3. The standard InChI is InChI=1S/C23H18N2O2/c26-23-19-11-5-6-12-20(19)24-22(25(23)18-9-2-1-3-10-18)17-14-16-8-4-7-13-21(16)27-15-17/h1-14,22,24H,15H2. The van der Waals surface area contributed by atoms with Gasteiger partial charge in [-0.15, -0.1) is 0 Å². The van der Waals surface area contributed by atoms with E-state index < -0.39 is 0 Å². The third-order valence-corrected chi connectivity index (χ3v) is 4.97. The minimum Gasteiger partial charge on any atom is -0.488 e. The second kappa shape index (κ2) is 6.32. The first-order valence-corrected chi connectivity index (χ1v) is 8.98. The Hall–Kier alpha value is -3.53. The van der Waals surface area contributed by atoms with Gasteiger partial charge in [0.05, 0.1) is 5.56 Å². The Labute approximate surface area is 157 Å². The first-order valence-electron chi connectivity index (χ1n) is 8.98. The normalized spacial score (nSPS) is 17.9. The zero-order valence-corrected chi connectivity index (χ0v) is 14.6. The van der Waals surface area contributed by atoms with Crippen molar-refractivity contribution >= 4 is 23.4 Å². The first-order chi connectivity index (χ1) is 13.3. The largest absolute Gasteiger partial charge is 0.488 e. The van der Waals surface area contributed by atoms with Crippen LogP contribution in [0.15, 0.2) is 84.4 Å². The van der Waals surface area contributed by atoms with Crippen molar-refractivity contribution in [1.82, 2.24) is 0 Å². The van der Waals surface area contributed by atoms with Crippen molar-refractivity contribution in [2.45, 2.75) is 6.17 Å². The Morgan fingerprint density at radius 1 is 0.889 bits per heavy atom. The monoisotopic (exact) mass is 354 g/mol. The van der Waals surface area contributed by atoms with Crippen molar-refractivity contribution in [3.8, 4) is 5.75 Å². The molecular weight excluding hydrogens is 336 g/mol. The summed E-state index contributed by atoms with van der Waals surface area (Å²) in [7, 11) is 0. The maximum atomic E-state index is 13.3. The second-order valence-electron chi connectivity index (χ2n) is 6.65. The number of nitrogens with one attached hydrogen (secondary N) is 1. The van der Waals surface area contributed by atoms with Gasteiger partial charge in [0, 0.05) is 22.5 Å². The highest BCUT2D eigenvalue weighted by molar-refractivity contribution is 6.12. The van der Waals surface area contributed by atoms with E-state index in [0.717, 1.165) is 28.3 Å². The van der Waals surface area contributed by atoms with Gasteiger partial charge in [0.1, 0.15) is 18.5 Å². The van der Waals surface area contributed by atoms with Crippen molar-refractivity contribution in [3.05, 3.63) is 95.6 Å². The summed E-state index contributed by atoms with van der Waals surface area (Å²) < 4.78 is 5.95. The van der Waals surface area contributed by atoms with Crippen LogP contribution in [0, 0.1) is 0 Å². The van der Waals surface area contributed by atoms with Gasteiger partial charge in [-0.05, 0) is 36.4 Å². The zero-order valence-electron chi connectivity index (χ0n) is 14.6. The van der Waals surface area contributed by atoms with Gasteiger partial charge < -0.3 is 10.1 Å². The van der Waals surface area contributed by atoms with Gasteiger partial charge in [-0.1, -0.05) is 48.5 Å². The summed E-state index contributed by atoms with van der Waals surface area (Å²) in [6.07, 6.45) is 1.82. The molecule has 0 radical (unpaired) electrons. The number of anilines is 2. The lowest BCUT2D eigenvalue weighted by Gasteiger charge is -2.39. The molecule has 0 aliphatic carbocycles. The fraction of sp³-hybridized carbons (Fsp3) is 0.0870. The van der Waals surface area contributed by atoms with Crippen molar-refractivity contribution in [2.24, 2.45) is 0 Å². The maximum absolute atomic E-state index is 13.3. The van der Waals surface area contributed by atoms with Gasteiger partial charge in [0.2, 0.25) is 0 Å². The molecule has 1 unspecified atom stereocenters. The van der Waals surface area contributed by atoms with E-state index in [0.29, 0.717) is 12.2 Å². The SMILES string of the molecule is O=C1c2ccccc2NC(C2=Cc3ccccc3OC2)N1c1ccccc1. The zero-order chi connectivity index (χ0) is 18.2. The van der Waals surface area contributed by atoms with E-state index in [1.54, 1.807) is 0 Å². The molecule has 3 aromatic rings.